The van der Waals surface area contributed by atoms with Crippen LogP contribution in [-0.2, 0) is 16.1 Å². The van der Waals surface area contributed by atoms with Crippen LogP contribution in [0.1, 0.15) is 31.7 Å². The number of amides is 2. The highest BCUT2D eigenvalue weighted by molar-refractivity contribution is 6.30. The van der Waals surface area contributed by atoms with E-state index in [-0.39, 0.29) is 23.9 Å². The molecule has 4 nitrogen and oxygen atoms in total. The van der Waals surface area contributed by atoms with E-state index in [1.165, 1.54) is 0 Å². The minimum absolute atomic E-state index is 0.0916. The van der Waals surface area contributed by atoms with Crippen molar-refractivity contribution in [2.45, 2.75) is 44.8 Å². The molecule has 2 aliphatic rings. The molecule has 1 aromatic rings. The Bertz CT molecular complexity index is 558. The first-order chi connectivity index (χ1) is 10.1. The van der Waals surface area contributed by atoms with E-state index in [1.807, 2.05) is 31.2 Å². The standard InChI is InChI=1S/C16H19ClN2O2/c1-2-13-15(20)18-9-3-4-14(18)16(21)19(13)10-11-5-7-12(17)8-6-11/h5-8,13-14H,2-4,9-10H2,1H3. The van der Waals surface area contributed by atoms with E-state index in [1.54, 1.807) is 9.80 Å². The Balaban J connectivity index is 1.85. The molecule has 0 aliphatic carbocycles. The number of hydrogen-bond donors (Lipinski definition) is 0. The van der Waals surface area contributed by atoms with Crippen LogP contribution in [0, 0.1) is 0 Å². The van der Waals surface area contributed by atoms with Crippen LogP contribution in [0.3, 0.4) is 0 Å². The van der Waals surface area contributed by atoms with E-state index in [0.717, 1.165) is 24.9 Å². The lowest BCUT2D eigenvalue weighted by atomic mass is 10.0. The van der Waals surface area contributed by atoms with Crippen LogP contribution in [0.5, 0.6) is 0 Å². The molecule has 21 heavy (non-hydrogen) atoms. The third-order valence-electron chi connectivity index (χ3n) is 4.42. The number of carbonyl (C=O) groups is 2. The number of fused-ring (bicyclic) bond motifs is 1. The highest BCUT2D eigenvalue weighted by Crippen LogP contribution is 2.29. The second-order valence-electron chi connectivity index (χ2n) is 5.71. The summed E-state index contributed by atoms with van der Waals surface area (Å²) in [6.45, 7) is 3.16. The van der Waals surface area contributed by atoms with Gasteiger partial charge in [0.25, 0.3) is 0 Å². The smallest absolute Gasteiger partial charge is 0.246 e. The number of carbonyl (C=O) groups excluding carboxylic acids is 2. The third kappa shape index (κ3) is 2.53. The van der Waals surface area contributed by atoms with Crippen molar-refractivity contribution in [1.82, 2.24) is 9.80 Å². The lowest BCUT2D eigenvalue weighted by molar-refractivity contribution is -0.160. The summed E-state index contributed by atoms with van der Waals surface area (Å²) < 4.78 is 0. The maximum atomic E-state index is 12.7. The van der Waals surface area contributed by atoms with Gasteiger partial charge in [0, 0.05) is 18.1 Å². The van der Waals surface area contributed by atoms with Gasteiger partial charge in [0.05, 0.1) is 0 Å². The minimum atomic E-state index is -0.331. The molecule has 1 aromatic carbocycles. The van der Waals surface area contributed by atoms with Crippen LogP contribution in [0.4, 0.5) is 0 Å². The summed E-state index contributed by atoms with van der Waals surface area (Å²) in [7, 11) is 0. The molecule has 0 N–H and O–H groups in total. The summed E-state index contributed by atoms with van der Waals surface area (Å²) in [5.41, 5.74) is 1.01. The summed E-state index contributed by atoms with van der Waals surface area (Å²) in [6.07, 6.45) is 2.37. The van der Waals surface area contributed by atoms with Gasteiger partial charge in [0.2, 0.25) is 11.8 Å². The van der Waals surface area contributed by atoms with Crippen molar-refractivity contribution in [3.05, 3.63) is 34.9 Å². The van der Waals surface area contributed by atoms with E-state index in [2.05, 4.69) is 0 Å². The van der Waals surface area contributed by atoms with Crippen molar-refractivity contribution in [2.24, 2.45) is 0 Å². The Hall–Kier alpha value is -1.55. The zero-order valence-corrected chi connectivity index (χ0v) is 12.8. The SMILES string of the molecule is CCC1C(=O)N2CCCC2C(=O)N1Cc1ccc(Cl)cc1. The van der Waals surface area contributed by atoms with E-state index in [0.29, 0.717) is 18.0 Å². The second-order valence-corrected chi connectivity index (χ2v) is 6.14. The first-order valence-electron chi connectivity index (χ1n) is 7.47. The molecule has 2 saturated heterocycles. The molecule has 112 valence electrons. The summed E-state index contributed by atoms with van der Waals surface area (Å²) in [4.78, 5) is 28.8. The molecule has 2 unspecified atom stereocenters. The lowest BCUT2D eigenvalue weighted by Gasteiger charge is -2.42. The first kappa shape index (κ1) is 14.4. The fraction of sp³-hybridized carbons (Fsp3) is 0.500. The molecule has 2 amide bonds. The van der Waals surface area contributed by atoms with Crippen molar-refractivity contribution in [2.75, 3.05) is 6.54 Å². The molecule has 0 bridgehead atoms. The molecule has 0 saturated carbocycles. The van der Waals surface area contributed by atoms with E-state index >= 15 is 0 Å². The van der Waals surface area contributed by atoms with Crippen LogP contribution in [0.15, 0.2) is 24.3 Å². The Morgan fingerprint density at radius 1 is 1.19 bits per heavy atom. The van der Waals surface area contributed by atoms with Gasteiger partial charge in [-0.1, -0.05) is 30.7 Å². The van der Waals surface area contributed by atoms with Gasteiger partial charge in [-0.25, -0.2) is 0 Å². The fourth-order valence-corrected chi connectivity index (χ4v) is 3.45. The predicted molar refractivity (Wildman–Crippen MR) is 80.8 cm³/mol. The van der Waals surface area contributed by atoms with Gasteiger partial charge in [-0.15, -0.1) is 0 Å². The summed E-state index contributed by atoms with van der Waals surface area (Å²) in [5, 5.41) is 0.675. The summed E-state index contributed by atoms with van der Waals surface area (Å²) >= 11 is 5.89. The quantitative estimate of drug-likeness (QED) is 0.860. The molecule has 0 aromatic heterocycles. The molecule has 0 spiro atoms. The van der Waals surface area contributed by atoms with Crippen molar-refractivity contribution >= 4 is 23.4 Å². The highest BCUT2D eigenvalue weighted by Gasteiger charge is 2.46. The molecule has 2 aliphatic heterocycles. The molecule has 2 atom stereocenters. The van der Waals surface area contributed by atoms with Crippen molar-refractivity contribution < 1.29 is 9.59 Å². The van der Waals surface area contributed by atoms with E-state index in [4.69, 9.17) is 11.6 Å². The molecule has 3 rings (SSSR count). The van der Waals surface area contributed by atoms with E-state index in [9.17, 15) is 9.59 Å². The molecular formula is C16H19ClN2O2. The topological polar surface area (TPSA) is 40.6 Å². The number of benzene rings is 1. The van der Waals surface area contributed by atoms with Gasteiger partial charge < -0.3 is 9.80 Å². The van der Waals surface area contributed by atoms with Gasteiger partial charge in [-0.3, -0.25) is 9.59 Å². The van der Waals surface area contributed by atoms with E-state index < -0.39 is 0 Å². The Morgan fingerprint density at radius 2 is 1.90 bits per heavy atom. The molecule has 2 heterocycles. The van der Waals surface area contributed by atoms with Crippen molar-refractivity contribution in [3.63, 3.8) is 0 Å². The van der Waals surface area contributed by atoms with Crippen LogP contribution < -0.4 is 0 Å². The van der Waals surface area contributed by atoms with Gasteiger partial charge in [0.1, 0.15) is 12.1 Å². The summed E-state index contributed by atoms with van der Waals surface area (Å²) in [5.74, 6) is 0.197. The van der Waals surface area contributed by atoms with Gasteiger partial charge in [0.15, 0.2) is 0 Å². The number of piperazine rings is 1. The lowest BCUT2D eigenvalue weighted by Crippen LogP contribution is -2.62. The largest absolute Gasteiger partial charge is 0.329 e. The highest BCUT2D eigenvalue weighted by atomic mass is 35.5. The molecule has 5 heteroatoms. The normalized spacial score (nSPS) is 25.4. The first-order valence-corrected chi connectivity index (χ1v) is 7.85. The molecule has 2 fully saturated rings. The Kier molecular flexibility index (Phi) is 3.89. The monoisotopic (exact) mass is 306 g/mol. The molecular weight excluding hydrogens is 288 g/mol. The van der Waals surface area contributed by atoms with Crippen molar-refractivity contribution in [1.29, 1.82) is 0 Å². The number of hydrogen-bond acceptors (Lipinski definition) is 2. The maximum Gasteiger partial charge on any atom is 0.246 e. The van der Waals surface area contributed by atoms with Crippen LogP contribution in [-0.4, -0.2) is 40.2 Å². The predicted octanol–water partition coefficient (Wildman–Crippen LogP) is 2.45. The van der Waals surface area contributed by atoms with Gasteiger partial charge in [-0.2, -0.15) is 0 Å². The third-order valence-corrected chi connectivity index (χ3v) is 4.67. The van der Waals surface area contributed by atoms with Crippen molar-refractivity contribution in [3.8, 4) is 0 Å². The zero-order chi connectivity index (χ0) is 15.0. The number of rotatable bonds is 3. The van der Waals surface area contributed by atoms with Crippen LogP contribution in [0.25, 0.3) is 0 Å². The number of nitrogens with zero attached hydrogens (tertiary/aromatic N) is 2. The average Bonchev–Trinajstić information content (AvgIpc) is 2.97. The van der Waals surface area contributed by atoms with Crippen LogP contribution >= 0.6 is 11.6 Å². The number of halogens is 1. The fourth-order valence-electron chi connectivity index (χ4n) is 3.33. The minimum Gasteiger partial charge on any atom is -0.329 e. The molecule has 0 radical (unpaired) electrons. The maximum absolute atomic E-state index is 12.7. The Labute approximate surface area is 129 Å². The Morgan fingerprint density at radius 3 is 2.57 bits per heavy atom. The summed E-state index contributed by atoms with van der Waals surface area (Å²) in [6, 6.07) is 6.88. The van der Waals surface area contributed by atoms with Gasteiger partial charge in [-0.05, 0) is 37.0 Å². The second kappa shape index (κ2) is 5.68. The van der Waals surface area contributed by atoms with Gasteiger partial charge >= 0.3 is 0 Å². The van der Waals surface area contributed by atoms with Crippen LogP contribution in [0.2, 0.25) is 5.02 Å². The average molecular weight is 307 g/mol. The zero-order valence-electron chi connectivity index (χ0n) is 12.1.